The van der Waals surface area contributed by atoms with Crippen molar-refractivity contribution in [1.82, 2.24) is 5.32 Å². The van der Waals surface area contributed by atoms with Crippen LogP contribution in [0, 0.1) is 6.92 Å². The van der Waals surface area contributed by atoms with E-state index in [0.717, 1.165) is 10.2 Å². The zero-order valence-electron chi connectivity index (χ0n) is 9.18. The maximum Gasteiger partial charge on any atom is 0.0484 e. The minimum atomic E-state index is 0.689. The molecule has 0 unspecified atom stereocenters. The van der Waals surface area contributed by atoms with Gasteiger partial charge in [-0.25, -0.2) is 0 Å². The molecule has 2 rings (SSSR count). The van der Waals surface area contributed by atoms with Crippen LogP contribution in [-0.2, 0) is 0 Å². The van der Waals surface area contributed by atoms with Crippen molar-refractivity contribution in [3.05, 3.63) is 33.2 Å². The number of halogens is 1. The van der Waals surface area contributed by atoms with Crippen molar-refractivity contribution in [2.45, 2.75) is 32.7 Å². The normalized spacial score (nSPS) is 18.3. The van der Waals surface area contributed by atoms with Crippen LogP contribution in [0.25, 0.3) is 12.3 Å². The lowest BCUT2D eigenvalue weighted by Crippen LogP contribution is -2.29. The fourth-order valence-corrected chi connectivity index (χ4v) is 2.05. The van der Waals surface area contributed by atoms with E-state index in [1.165, 1.54) is 23.6 Å². The molecule has 1 aliphatic rings. The van der Waals surface area contributed by atoms with Crippen molar-refractivity contribution in [3.8, 4) is 0 Å². The summed E-state index contributed by atoms with van der Waals surface area (Å²) in [6.45, 7) is 4.09. The molecule has 1 aromatic carbocycles. The molecule has 1 nitrogen and oxygen atoms in total. The van der Waals surface area contributed by atoms with Crippen molar-refractivity contribution >= 4 is 23.9 Å². The second kappa shape index (κ2) is 4.28. The monoisotopic (exact) mass is 221 g/mol. The molecular formula is C13H16ClN. The highest BCUT2D eigenvalue weighted by Crippen LogP contribution is 2.18. The summed E-state index contributed by atoms with van der Waals surface area (Å²) >= 11 is 6.19. The molecular weight excluding hydrogens is 206 g/mol. The summed E-state index contributed by atoms with van der Waals surface area (Å²) in [6, 6.07) is 4.86. The van der Waals surface area contributed by atoms with Crippen LogP contribution in [0.2, 0.25) is 5.02 Å². The van der Waals surface area contributed by atoms with Gasteiger partial charge in [-0.05, 0) is 54.8 Å². The van der Waals surface area contributed by atoms with Crippen LogP contribution in [0.3, 0.4) is 0 Å². The summed E-state index contributed by atoms with van der Waals surface area (Å²) in [5.74, 6) is 0. The average Bonchev–Trinajstić information content (AvgIpc) is 2.97. The third kappa shape index (κ3) is 2.54. The Hall–Kier alpha value is -0.950. The zero-order chi connectivity index (χ0) is 10.8. The van der Waals surface area contributed by atoms with Crippen LogP contribution in [0.4, 0.5) is 0 Å². The van der Waals surface area contributed by atoms with Gasteiger partial charge < -0.3 is 5.32 Å². The number of hydrogen-bond donors (Lipinski definition) is 1. The van der Waals surface area contributed by atoms with Gasteiger partial charge >= 0.3 is 0 Å². The van der Waals surface area contributed by atoms with E-state index in [-0.39, 0.29) is 0 Å². The molecule has 0 amide bonds. The molecule has 15 heavy (non-hydrogen) atoms. The van der Waals surface area contributed by atoms with Gasteiger partial charge in [-0.3, -0.25) is 0 Å². The molecule has 1 aromatic rings. The van der Waals surface area contributed by atoms with Crippen molar-refractivity contribution in [3.63, 3.8) is 0 Å². The Kier molecular flexibility index (Phi) is 3.01. The summed E-state index contributed by atoms with van der Waals surface area (Å²) in [7, 11) is 0. The van der Waals surface area contributed by atoms with Gasteiger partial charge in [0.05, 0.1) is 0 Å². The lowest BCUT2D eigenvalue weighted by Gasteiger charge is -2.00. The molecule has 1 saturated carbocycles. The van der Waals surface area contributed by atoms with Crippen molar-refractivity contribution < 1.29 is 0 Å². The zero-order valence-corrected chi connectivity index (χ0v) is 9.93. The SMILES string of the molecule is C/C=c1\c(Cl)cc(C)c\c1=C\NC1CC1. The van der Waals surface area contributed by atoms with Gasteiger partial charge in [-0.15, -0.1) is 0 Å². The summed E-state index contributed by atoms with van der Waals surface area (Å²) < 4.78 is 0. The fraction of sp³-hybridized carbons (Fsp3) is 0.385. The van der Waals surface area contributed by atoms with E-state index in [1.54, 1.807) is 0 Å². The maximum absolute atomic E-state index is 6.19. The minimum Gasteiger partial charge on any atom is -0.388 e. The minimum absolute atomic E-state index is 0.689. The van der Waals surface area contributed by atoms with Crippen molar-refractivity contribution in [2.75, 3.05) is 0 Å². The Balaban J connectivity index is 2.47. The Labute approximate surface area is 95.5 Å². The first-order chi connectivity index (χ1) is 7.20. The van der Waals surface area contributed by atoms with E-state index in [0.29, 0.717) is 6.04 Å². The Bertz CT molecular complexity index is 472. The van der Waals surface area contributed by atoms with Crippen LogP contribution < -0.4 is 15.8 Å². The quantitative estimate of drug-likeness (QED) is 0.805. The molecule has 0 aliphatic heterocycles. The molecule has 0 spiro atoms. The number of nitrogens with one attached hydrogen (secondary N) is 1. The molecule has 1 aliphatic carbocycles. The molecule has 0 heterocycles. The lowest BCUT2D eigenvalue weighted by atomic mass is 10.1. The van der Waals surface area contributed by atoms with Gasteiger partial charge in [0, 0.05) is 17.3 Å². The third-order valence-electron chi connectivity index (χ3n) is 2.65. The van der Waals surface area contributed by atoms with Crippen molar-refractivity contribution in [2.24, 2.45) is 0 Å². The predicted octanol–water partition coefficient (Wildman–Crippen LogP) is 1.94. The first-order valence-corrected chi connectivity index (χ1v) is 5.77. The van der Waals surface area contributed by atoms with Crippen LogP contribution in [0.5, 0.6) is 0 Å². The van der Waals surface area contributed by atoms with Gasteiger partial charge in [-0.2, -0.15) is 0 Å². The molecule has 1 N–H and O–H groups in total. The maximum atomic E-state index is 6.19. The highest BCUT2D eigenvalue weighted by Gasteiger charge is 2.18. The lowest BCUT2D eigenvalue weighted by molar-refractivity contribution is 0.904. The first kappa shape index (κ1) is 10.6. The first-order valence-electron chi connectivity index (χ1n) is 5.39. The topological polar surface area (TPSA) is 12.0 Å². The van der Waals surface area contributed by atoms with Gasteiger partial charge in [0.2, 0.25) is 0 Å². The van der Waals surface area contributed by atoms with Crippen LogP contribution in [0.15, 0.2) is 12.1 Å². The van der Waals surface area contributed by atoms with Crippen molar-refractivity contribution in [1.29, 1.82) is 0 Å². The second-order valence-corrected chi connectivity index (χ2v) is 4.53. The smallest absolute Gasteiger partial charge is 0.0484 e. The molecule has 0 aromatic heterocycles. The molecule has 0 bridgehead atoms. The molecule has 2 heteroatoms. The Morgan fingerprint density at radius 1 is 1.40 bits per heavy atom. The third-order valence-corrected chi connectivity index (χ3v) is 2.96. The van der Waals surface area contributed by atoms with E-state index in [4.69, 9.17) is 11.6 Å². The standard InChI is InChI=1S/C13H16ClN/c1-3-12-10(8-15-11-4-5-11)6-9(2)7-13(12)14/h3,6-8,11,15H,4-5H2,1-2H3/b10-8-,12-3-. The van der Waals surface area contributed by atoms with Gasteiger partial charge in [0.25, 0.3) is 0 Å². The molecule has 0 saturated heterocycles. The number of rotatable bonds is 2. The molecule has 80 valence electrons. The number of aryl methyl sites for hydroxylation is 1. The van der Waals surface area contributed by atoms with E-state index in [9.17, 15) is 0 Å². The van der Waals surface area contributed by atoms with Crippen LogP contribution >= 0.6 is 11.6 Å². The number of benzene rings is 1. The molecule has 1 fully saturated rings. The average molecular weight is 222 g/mol. The summed E-state index contributed by atoms with van der Waals surface area (Å²) in [4.78, 5) is 0. The highest BCUT2D eigenvalue weighted by atomic mass is 35.5. The van der Waals surface area contributed by atoms with Crippen LogP contribution in [-0.4, -0.2) is 6.04 Å². The predicted molar refractivity (Wildman–Crippen MR) is 66.2 cm³/mol. The van der Waals surface area contributed by atoms with E-state index >= 15 is 0 Å². The van der Waals surface area contributed by atoms with E-state index in [2.05, 4.69) is 30.6 Å². The summed E-state index contributed by atoms with van der Waals surface area (Å²) in [6.07, 6.45) is 6.73. The Morgan fingerprint density at radius 3 is 2.73 bits per heavy atom. The molecule has 0 atom stereocenters. The van der Waals surface area contributed by atoms with Crippen LogP contribution in [0.1, 0.15) is 25.3 Å². The molecule has 0 radical (unpaired) electrons. The second-order valence-electron chi connectivity index (χ2n) is 4.12. The number of hydrogen-bond acceptors (Lipinski definition) is 1. The highest BCUT2D eigenvalue weighted by molar-refractivity contribution is 6.30. The fourth-order valence-electron chi connectivity index (χ4n) is 1.66. The Morgan fingerprint density at radius 2 is 2.13 bits per heavy atom. The van der Waals surface area contributed by atoms with E-state index < -0.39 is 0 Å². The van der Waals surface area contributed by atoms with Gasteiger partial charge in [-0.1, -0.05) is 17.7 Å². The summed E-state index contributed by atoms with van der Waals surface area (Å²) in [5.41, 5.74) is 1.20. The van der Waals surface area contributed by atoms with E-state index in [1.807, 2.05) is 13.0 Å². The summed E-state index contributed by atoms with van der Waals surface area (Å²) in [5, 5.41) is 6.54. The van der Waals surface area contributed by atoms with Gasteiger partial charge in [0.1, 0.15) is 0 Å². The van der Waals surface area contributed by atoms with Gasteiger partial charge in [0.15, 0.2) is 0 Å². The largest absolute Gasteiger partial charge is 0.388 e.